The predicted molar refractivity (Wildman–Crippen MR) is 141 cm³/mol. The molecule has 1 rings (SSSR count). The Morgan fingerprint density at radius 2 is 1.37 bits per heavy atom. The second-order valence-electron chi connectivity index (χ2n) is 11.5. The van der Waals surface area contributed by atoms with Gasteiger partial charge in [0.25, 0.3) is 0 Å². The van der Waals surface area contributed by atoms with E-state index in [0.29, 0.717) is 12.0 Å². The monoisotopic (exact) mass is 480 g/mol. The molecule has 0 saturated carbocycles. The molecule has 0 heterocycles. The van der Waals surface area contributed by atoms with Gasteiger partial charge in [0.15, 0.2) is 6.87 Å². The zero-order valence-corrected chi connectivity index (χ0v) is 25.0. The molecule has 0 bridgehead atoms. The van der Waals surface area contributed by atoms with E-state index in [0.717, 1.165) is 12.8 Å². The van der Waals surface area contributed by atoms with E-state index < -0.39 is 29.6 Å². The minimum atomic E-state index is -1.99. The molecule has 1 aromatic rings. The second-order valence-corrected chi connectivity index (χ2v) is 50.9. The number of esters is 1. The van der Waals surface area contributed by atoms with Crippen molar-refractivity contribution >= 4 is 35.6 Å². The summed E-state index contributed by atoms with van der Waals surface area (Å²) in [4.78, 5) is 12.1. The highest BCUT2D eigenvalue weighted by Crippen LogP contribution is 2.40. The number of aryl methyl sites for hydroxylation is 1. The summed E-state index contributed by atoms with van der Waals surface area (Å²) >= 11 is 0. The second kappa shape index (κ2) is 10.3. The maximum Gasteiger partial charge on any atom is 0.333 e. The van der Waals surface area contributed by atoms with Crippen molar-refractivity contribution in [3.05, 3.63) is 48.0 Å². The van der Waals surface area contributed by atoms with Crippen LogP contribution in [0.25, 0.3) is 0 Å². The molecule has 7 heteroatoms. The van der Waals surface area contributed by atoms with Crippen LogP contribution in [0, 0.1) is 0 Å². The lowest BCUT2D eigenvalue weighted by atomic mass is 10.0. The van der Waals surface area contributed by atoms with Gasteiger partial charge in [-0.2, -0.15) is 0 Å². The number of benzene rings is 1. The Balaban J connectivity index is 3.36. The quantitative estimate of drug-likeness (QED) is 0.211. The molecule has 0 aromatic heterocycles. The fraction of sp³-hybridized carbons (Fsp3) is 0.609. The molecular weight excluding hydrogens is 437 g/mol. The Morgan fingerprint density at radius 1 is 0.900 bits per heavy atom. The number of rotatable bonds is 11. The van der Waals surface area contributed by atoms with Crippen molar-refractivity contribution < 1.29 is 14.0 Å². The van der Waals surface area contributed by atoms with Crippen molar-refractivity contribution in [1.29, 1.82) is 0 Å². The summed E-state index contributed by atoms with van der Waals surface area (Å²) in [6, 6.07) is 10.6. The van der Waals surface area contributed by atoms with Crippen LogP contribution in [-0.2, 0) is 20.4 Å². The highest BCUT2D eigenvalue weighted by Gasteiger charge is 2.64. The van der Waals surface area contributed by atoms with Crippen LogP contribution in [0.4, 0.5) is 0 Å². The third-order valence-electron chi connectivity index (χ3n) is 6.06. The van der Waals surface area contributed by atoms with Crippen LogP contribution in [0.5, 0.6) is 0 Å². The summed E-state index contributed by atoms with van der Waals surface area (Å²) in [6.07, 6.45) is 2.45. The van der Waals surface area contributed by atoms with Crippen molar-refractivity contribution in [3.63, 3.8) is 0 Å². The fourth-order valence-corrected chi connectivity index (χ4v) is 100. The molecule has 3 nitrogen and oxygen atoms in total. The van der Waals surface area contributed by atoms with Gasteiger partial charge in [0, 0.05) is 18.1 Å². The first kappa shape index (κ1) is 27.3. The zero-order chi connectivity index (χ0) is 23.4. The van der Waals surface area contributed by atoms with Gasteiger partial charge >= 0.3 is 5.97 Å². The lowest BCUT2D eigenvalue weighted by molar-refractivity contribution is -0.136. The van der Waals surface area contributed by atoms with E-state index in [4.69, 9.17) is 9.16 Å². The van der Waals surface area contributed by atoms with E-state index in [1.165, 1.54) is 12.7 Å². The summed E-state index contributed by atoms with van der Waals surface area (Å²) in [7, 11) is -3.28. The minimum Gasteiger partial charge on any atom is -0.466 e. The minimum absolute atomic E-state index is 0.0219. The molecule has 0 fully saturated rings. The summed E-state index contributed by atoms with van der Waals surface area (Å²) < 4.78 is 12.4. The van der Waals surface area contributed by atoms with Crippen LogP contribution < -0.4 is 0 Å². The summed E-state index contributed by atoms with van der Waals surface area (Å²) in [5, 5.41) is 0. The Kier molecular flexibility index (Phi) is 9.32. The standard InChI is InChI=1S/C23H44O3Si4/c1-20(23(24)25-2)19-22(18-17-21-15-13-12-14-16-21)26-30(27(3,4)5,28(6,7)8)29(9,10)11/h12-16,22H,1,17-19H2,2-11H3. The number of hydrogen-bond acceptors (Lipinski definition) is 3. The van der Waals surface area contributed by atoms with Crippen LogP contribution in [0.15, 0.2) is 42.5 Å². The van der Waals surface area contributed by atoms with Gasteiger partial charge in [-0.15, -0.1) is 0 Å². The van der Waals surface area contributed by atoms with Crippen LogP contribution in [0.1, 0.15) is 18.4 Å². The Hall–Kier alpha value is -0.742. The summed E-state index contributed by atoms with van der Waals surface area (Å²) in [6.45, 7) is 24.8. The highest BCUT2D eigenvalue weighted by molar-refractivity contribution is 7.87. The highest BCUT2D eigenvalue weighted by atomic mass is 29.9. The largest absolute Gasteiger partial charge is 0.466 e. The predicted octanol–water partition coefficient (Wildman–Crippen LogP) is 6.32. The van der Waals surface area contributed by atoms with Gasteiger partial charge in [0.2, 0.25) is 0 Å². The third kappa shape index (κ3) is 6.38. The number of carbonyl (C=O) groups is 1. The molecule has 1 atom stereocenters. The van der Waals surface area contributed by atoms with Gasteiger partial charge in [0.1, 0.15) is 0 Å². The molecule has 0 aliphatic heterocycles. The Labute approximate surface area is 188 Å². The SMILES string of the molecule is C=C(CC(CCc1ccccc1)O[Si]([Si](C)(C)C)([Si](C)(C)C)[Si](C)(C)C)C(=O)OC. The van der Waals surface area contributed by atoms with Gasteiger partial charge in [0.05, 0.1) is 29.9 Å². The molecule has 0 saturated heterocycles. The molecule has 170 valence electrons. The number of hydrogen-bond donors (Lipinski definition) is 0. The van der Waals surface area contributed by atoms with Gasteiger partial charge in [-0.3, -0.25) is 0 Å². The molecule has 0 aliphatic carbocycles. The summed E-state index contributed by atoms with van der Waals surface area (Å²) in [5.41, 5.74) is 1.84. The topological polar surface area (TPSA) is 35.5 Å². The normalized spacial score (nSPS) is 14.3. The molecule has 0 radical (unpaired) electrons. The molecule has 0 N–H and O–H groups in total. The average Bonchev–Trinajstić information content (AvgIpc) is 2.60. The van der Waals surface area contributed by atoms with E-state index in [2.05, 4.69) is 95.8 Å². The molecule has 0 aliphatic rings. The van der Waals surface area contributed by atoms with Crippen molar-refractivity contribution in [1.82, 2.24) is 0 Å². The van der Waals surface area contributed by atoms with Crippen LogP contribution >= 0.6 is 0 Å². The van der Waals surface area contributed by atoms with Crippen molar-refractivity contribution in [2.75, 3.05) is 7.11 Å². The van der Waals surface area contributed by atoms with E-state index >= 15 is 0 Å². The number of carbonyl (C=O) groups excluding carboxylic acids is 1. The first-order valence-electron chi connectivity index (χ1n) is 11.0. The van der Waals surface area contributed by atoms with Gasteiger partial charge in [-0.1, -0.05) is 95.8 Å². The van der Waals surface area contributed by atoms with Gasteiger partial charge in [-0.25, -0.2) is 4.79 Å². The molecule has 0 spiro atoms. The van der Waals surface area contributed by atoms with E-state index in [1.54, 1.807) is 0 Å². The molecule has 1 aromatic carbocycles. The first-order chi connectivity index (χ1) is 13.6. The fourth-order valence-electron chi connectivity index (χ4n) is 5.83. The lowest BCUT2D eigenvalue weighted by Crippen LogP contribution is -2.84. The molecular formula is C23H44O3Si4. The smallest absolute Gasteiger partial charge is 0.333 e. The molecule has 1 unspecified atom stereocenters. The Bertz CT molecular complexity index is 677. The maximum absolute atomic E-state index is 12.1. The lowest BCUT2D eigenvalue weighted by Gasteiger charge is -2.57. The zero-order valence-electron chi connectivity index (χ0n) is 21.0. The van der Waals surface area contributed by atoms with Crippen molar-refractivity contribution in [2.24, 2.45) is 0 Å². The van der Waals surface area contributed by atoms with E-state index in [1.807, 2.05) is 0 Å². The maximum atomic E-state index is 12.1. The van der Waals surface area contributed by atoms with E-state index in [9.17, 15) is 4.79 Å². The third-order valence-corrected chi connectivity index (χ3v) is 73.7. The van der Waals surface area contributed by atoms with Gasteiger partial charge in [-0.05, 0) is 18.4 Å². The molecule has 0 amide bonds. The van der Waals surface area contributed by atoms with E-state index in [-0.39, 0.29) is 12.1 Å². The first-order valence-corrected chi connectivity index (χ1v) is 26.5. The molecule has 30 heavy (non-hydrogen) atoms. The van der Waals surface area contributed by atoms with Crippen molar-refractivity contribution in [2.45, 2.75) is 84.3 Å². The average molecular weight is 481 g/mol. The van der Waals surface area contributed by atoms with Crippen LogP contribution in [0.3, 0.4) is 0 Å². The number of methoxy groups -OCH3 is 1. The van der Waals surface area contributed by atoms with Crippen LogP contribution in [-0.4, -0.2) is 48.8 Å². The number of ether oxygens (including phenoxy) is 1. The summed E-state index contributed by atoms with van der Waals surface area (Å²) in [5.74, 6) is -0.315. The van der Waals surface area contributed by atoms with Crippen molar-refractivity contribution in [3.8, 4) is 0 Å². The Morgan fingerprint density at radius 3 is 1.77 bits per heavy atom. The van der Waals surface area contributed by atoms with Gasteiger partial charge < -0.3 is 9.16 Å². The van der Waals surface area contributed by atoms with Crippen LogP contribution in [0.2, 0.25) is 58.9 Å².